The summed E-state index contributed by atoms with van der Waals surface area (Å²) in [7, 11) is 1.99. The van der Waals surface area contributed by atoms with E-state index in [-0.39, 0.29) is 29.4 Å². The van der Waals surface area contributed by atoms with Crippen molar-refractivity contribution in [1.82, 2.24) is 25.4 Å². The Labute approximate surface area is 179 Å². The SMILES string of the molecule is Cc1nnc(CN=C(NC2CCCC2)NC2C3CCOC3C2(C)C)n1C.I. The first-order valence-corrected chi connectivity index (χ1v) is 10.0. The molecule has 1 aromatic rings. The van der Waals surface area contributed by atoms with Gasteiger partial charge in [-0.15, -0.1) is 34.2 Å². The van der Waals surface area contributed by atoms with Crippen molar-refractivity contribution in [2.75, 3.05) is 6.61 Å². The summed E-state index contributed by atoms with van der Waals surface area (Å²) in [5.74, 6) is 3.32. The third-order valence-electron chi connectivity index (χ3n) is 6.65. The number of hydrogen-bond donors (Lipinski definition) is 2. The van der Waals surface area contributed by atoms with Crippen molar-refractivity contribution < 1.29 is 4.74 Å². The highest BCUT2D eigenvalue weighted by Crippen LogP contribution is 2.52. The first-order chi connectivity index (χ1) is 12.5. The fraction of sp³-hybridized carbons (Fsp3) is 0.842. The van der Waals surface area contributed by atoms with Crippen LogP contribution in [0.2, 0.25) is 0 Å². The van der Waals surface area contributed by atoms with Crippen LogP contribution in [0, 0.1) is 18.3 Å². The molecule has 3 atom stereocenters. The van der Waals surface area contributed by atoms with Crippen molar-refractivity contribution in [3.63, 3.8) is 0 Å². The summed E-state index contributed by atoms with van der Waals surface area (Å²) < 4.78 is 7.94. The van der Waals surface area contributed by atoms with Gasteiger partial charge < -0.3 is 19.9 Å². The van der Waals surface area contributed by atoms with E-state index in [1.807, 2.05) is 18.5 Å². The molecule has 0 bridgehead atoms. The maximum Gasteiger partial charge on any atom is 0.192 e. The molecule has 3 fully saturated rings. The summed E-state index contributed by atoms with van der Waals surface area (Å²) in [6.07, 6.45) is 6.60. The molecule has 0 amide bonds. The molecule has 27 heavy (non-hydrogen) atoms. The second-order valence-electron chi connectivity index (χ2n) is 8.70. The number of nitrogens with one attached hydrogen (secondary N) is 2. The van der Waals surface area contributed by atoms with E-state index in [0.717, 1.165) is 30.6 Å². The minimum absolute atomic E-state index is 0. The molecule has 0 spiro atoms. The molecule has 1 aliphatic heterocycles. The number of aliphatic imine (C=N–C) groups is 1. The maximum atomic E-state index is 5.94. The Balaban J connectivity index is 0.00000210. The molecule has 1 aromatic heterocycles. The average Bonchev–Trinajstić information content (AvgIpc) is 3.34. The van der Waals surface area contributed by atoms with E-state index >= 15 is 0 Å². The summed E-state index contributed by atoms with van der Waals surface area (Å²) >= 11 is 0. The zero-order valence-corrected chi connectivity index (χ0v) is 19.2. The van der Waals surface area contributed by atoms with Crippen molar-refractivity contribution in [3.8, 4) is 0 Å². The molecule has 2 aliphatic carbocycles. The van der Waals surface area contributed by atoms with E-state index in [1.165, 1.54) is 25.7 Å². The van der Waals surface area contributed by atoms with Crippen molar-refractivity contribution >= 4 is 29.9 Å². The zero-order valence-electron chi connectivity index (χ0n) is 16.9. The highest BCUT2D eigenvalue weighted by molar-refractivity contribution is 14.0. The fourth-order valence-electron chi connectivity index (χ4n) is 4.90. The Hall–Kier alpha value is -0.900. The standard InChI is InChI=1S/C19H32N6O.HI/c1-12-23-24-15(25(12)4)11-20-18(21-13-7-5-6-8-13)22-16-14-9-10-26-17(14)19(16,2)3;/h13-14,16-17H,5-11H2,1-4H3,(H2,20,21,22);1H. The van der Waals surface area contributed by atoms with Crippen LogP contribution in [0.25, 0.3) is 0 Å². The number of halogens is 1. The number of aryl methyl sites for hydroxylation is 1. The zero-order chi connectivity index (χ0) is 18.3. The van der Waals surface area contributed by atoms with Crippen LogP contribution >= 0.6 is 24.0 Å². The van der Waals surface area contributed by atoms with Crippen LogP contribution in [0.15, 0.2) is 4.99 Å². The van der Waals surface area contributed by atoms with Gasteiger partial charge in [-0.1, -0.05) is 26.7 Å². The van der Waals surface area contributed by atoms with Crippen LogP contribution in [0.5, 0.6) is 0 Å². The van der Waals surface area contributed by atoms with Gasteiger partial charge in [-0.3, -0.25) is 0 Å². The number of fused-ring (bicyclic) bond motifs is 1. The van der Waals surface area contributed by atoms with Gasteiger partial charge in [0, 0.05) is 37.1 Å². The Morgan fingerprint density at radius 2 is 1.96 bits per heavy atom. The molecular weight excluding hydrogens is 455 g/mol. The number of ether oxygens (including phenoxy) is 1. The number of nitrogens with zero attached hydrogens (tertiary/aromatic N) is 4. The first kappa shape index (κ1) is 20.8. The minimum atomic E-state index is 0. The van der Waals surface area contributed by atoms with Crippen LogP contribution in [0.1, 0.15) is 57.6 Å². The number of guanidine groups is 1. The van der Waals surface area contributed by atoms with Crippen molar-refractivity contribution in [2.45, 2.75) is 77.6 Å². The molecule has 3 unspecified atom stereocenters. The van der Waals surface area contributed by atoms with Crippen LogP contribution < -0.4 is 10.6 Å². The van der Waals surface area contributed by atoms with Crippen LogP contribution in [0.4, 0.5) is 0 Å². The van der Waals surface area contributed by atoms with E-state index < -0.39 is 0 Å². The van der Waals surface area contributed by atoms with E-state index in [2.05, 4.69) is 34.7 Å². The van der Waals surface area contributed by atoms with Gasteiger partial charge in [0.2, 0.25) is 0 Å². The molecular formula is C19H33IN6O. The summed E-state index contributed by atoms with van der Waals surface area (Å²) in [6.45, 7) is 7.99. The second-order valence-corrected chi connectivity index (χ2v) is 8.70. The van der Waals surface area contributed by atoms with Gasteiger partial charge in [-0.05, 0) is 26.2 Å². The molecule has 8 heteroatoms. The molecule has 152 valence electrons. The van der Waals surface area contributed by atoms with Crippen LogP contribution in [0.3, 0.4) is 0 Å². The summed E-state index contributed by atoms with van der Waals surface area (Å²) in [5, 5.41) is 15.8. The van der Waals surface area contributed by atoms with Crippen LogP contribution in [-0.4, -0.2) is 45.5 Å². The molecule has 2 heterocycles. The van der Waals surface area contributed by atoms with Gasteiger partial charge in [-0.25, -0.2) is 4.99 Å². The lowest BCUT2D eigenvalue weighted by Crippen LogP contribution is -2.68. The lowest BCUT2D eigenvalue weighted by molar-refractivity contribution is -0.106. The van der Waals surface area contributed by atoms with Gasteiger partial charge in [-0.2, -0.15) is 0 Å². The molecule has 1 saturated heterocycles. The van der Waals surface area contributed by atoms with Gasteiger partial charge in [0.1, 0.15) is 12.4 Å². The van der Waals surface area contributed by atoms with Gasteiger partial charge in [0.05, 0.1) is 6.10 Å². The Morgan fingerprint density at radius 3 is 2.63 bits per heavy atom. The Bertz CT molecular complexity index is 682. The summed E-state index contributed by atoms with van der Waals surface area (Å²) in [6, 6.07) is 0.935. The smallest absolute Gasteiger partial charge is 0.192 e. The molecule has 7 nitrogen and oxygen atoms in total. The Morgan fingerprint density at radius 1 is 1.22 bits per heavy atom. The van der Waals surface area contributed by atoms with E-state index in [4.69, 9.17) is 9.73 Å². The molecule has 0 aromatic carbocycles. The van der Waals surface area contributed by atoms with E-state index in [0.29, 0.717) is 30.7 Å². The highest BCUT2D eigenvalue weighted by atomic mass is 127. The van der Waals surface area contributed by atoms with Gasteiger partial charge in [0.25, 0.3) is 0 Å². The molecule has 3 aliphatic rings. The lowest BCUT2D eigenvalue weighted by atomic mass is 9.57. The number of hydrogen-bond acceptors (Lipinski definition) is 4. The monoisotopic (exact) mass is 488 g/mol. The second kappa shape index (κ2) is 8.23. The lowest BCUT2D eigenvalue weighted by Gasteiger charge is -2.55. The molecule has 4 rings (SSSR count). The quantitative estimate of drug-likeness (QED) is 0.387. The van der Waals surface area contributed by atoms with Crippen molar-refractivity contribution in [2.24, 2.45) is 23.4 Å². The van der Waals surface area contributed by atoms with Crippen molar-refractivity contribution in [3.05, 3.63) is 11.6 Å². The number of aromatic nitrogens is 3. The third kappa shape index (κ3) is 3.97. The topological polar surface area (TPSA) is 76.4 Å². The maximum absolute atomic E-state index is 5.94. The average molecular weight is 488 g/mol. The number of rotatable bonds is 4. The fourth-order valence-corrected chi connectivity index (χ4v) is 4.90. The normalized spacial score (nSPS) is 29.8. The highest BCUT2D eigenvalue weighted by Gasteiger charge is 2.59. The predicted molar refractivity (Wildman–Crippen MR) is 116 cm³/mol. The van der Waals surface area contributed by atoms with E-state index in [9.17, 15) is 0 Å². The molecule has 0 radical (unpaired) electrons. The summed E-state index contributed by atoms with van der Waals surface area (Å²) in [4.78, 5) is 4.86. The minimum Gasteiger partial charge on any atom is -0.377 e. The first-order valence-electron chi connectivity index (χ1n) is 10.0. The third-order valence-corrected chi connectivity index (χ3v) is 6.65. The van der Waals surface area contributed by atoms with Crippen molar-refractivity contribution in [1.29, 1.82) is 0 Å². The predicted octanol–water partition coefficient (Wildman–Crippen LogP) is 2.53. The Kier molecular flexibility index (Phi) is 6.34. The van der Waals surface area contributed by atoms with Gasteiger partial charge >= 0.3 is 0 Å². The molecule has 2 N–H and O–H groups in total. The van der Waals surface area contributed by atoms with Crippen LogP contribution in [-0.2, 0) is 18.3 Å². The molecule has 2 saturated carbocycles. The summed E-state index contributed by atoms with van der Waals surface area (Å²) in [5.41, 5.74) is 0.140. The largest absolute Gasteiger partial charge is 0.377 e. The van der Waals surface area contributed by atoms with Gasteiger partial charge in [0.15, 0.2) is 11.8 Å². The van der Waals surface area contributed by atoms with E-state index in [1.54, 1.807) is 0 Å².